The van der Waals surface area contributed by atoms with Crippen LogP contribution in [0.15, 0.2) is 35.6 Å². The maximum atomic E-state index is 13.3. The smallest absolute Gasteiger partial charge is 0.335 e. The highest BCUT2D eigenvalue weighted by Crippen LogP contribution is 2.61. The molecule has 2 aliphatic carbocycles. The first-order valence-corrected chi connectivity index (χ1v) is 9.61. The first-order valence-electron chi connectivity index (χ1n) is 9.61. The molecule has 1 fully saturated rings. The summed E-state index contributed by atoms with van der Waals surface area (Å²) in [5, 5.41) is 0. The van der Waals surface area contributed by atoms with Crippen LogP contribution < -0.4 is 9.47 Å². The summed E-state index contributed by atoms with van der Waals surface area (Å²) in [6.45, 7) is 0.702. The van der Waals surface area contributed by atoms with E-state index in [1.54, 1.807) is 7.11 Å². The summed E-state index contributed by atoms with van der Waals surface area (Å²) in [7, 11) is 4.96. The lowest BCUT2D eigenvalue weighted by Gasteiger charge is -2.48. The van der Waals surface area contributed by atoms with Crippen molar-refractivity contribution < 1.29 is 23.8 Å². The van der Waals surface area contributed by atoms with E-state index in [4.69, 9.17) is 14.2 Å². The van der Waals surface area contributed by atoms with Crippen LogP contribution in [0.2, 0.25) is 0 Å². The predicted molar refractivity (Wildman–Crippen MR) is 101 cm³/mol. The van der Waals surface area contributed by atoms with Gasteiger partial charge in [-0.15, -0.1) is 0 Å². The molecule has 3 atom stereocenters. The Morgan fingerprint density at radius 1 is 1.32 bits per heavy atom. The van der Waals surface area contributed by atoms with Gasteiger partial charge in [0.05, 0.1) is 25.2 Å². The van der Waals surface area contributed by atoms with Crippen LogP contribution in [-0.2, 0) is 26.2 Å². The van der Waals surface area contributed by atoms with Crippen molar-refractivity contribution in [3.63, 3.8) is 0 Å². The van der Waals surface area contributed by atoms with Gasteiger partial charge >= 0.3 is 5.97 Å². The third-order valence-corrected chi connectivity index (χ3v) is 6.70. The first-order chi connectivity index (χ1) is 13.5. The Hall–Kier alpha value is -2.76. The van der Waals surface area contributed by atoms with Gasteiger partial charge in [-0.05, 0) is 24.5 Å². The molecule has 0 aromatic heterocycles. The molecule has 146 valence electrons. The number of carbonyl (C=O) groups excluding carboxylic acids is 2. The molecule has 2 aliphatic heterocycles. The van der Waals surface area contributed by atoms with Gasteiger partial charge in [0.15, 0.2) is 23.4 Å². The molecule has 6 nitrogen and oxygen atoms in total. The Bertz CT molecular complexity index is 962. The number of esters is 1. The second-order valence-corrected chi connectivity index (χ2v) is 7.99. The van der Waals surface area contributed by atoms with Crippen LogP contribution in [0, 0.1) is 5.92 Å². The van der Waals surface area contributed by atoms with Gasteiger partial charge in [0, 0.05) is 37.7 Å². The predicted octanol–water partition coefficient (Wildman–Crippen LogP) is 2.16. The molecule has 2 heterocycles. The third kappa shape index (κ3) is 2.03. The Balaban J connectivity index is 1.78. The van der Waals surface area contributed by atoms with Crippen molar-refractivity contribution >= 4 is 11.8 Å². The number of hydrogen-bond donors (Lipinski definition) is 0. The van der Waals surface area contributed by atoms with Gasteiger partial charge < -0.3 is 19.1 Å². The Kier molecular flexibility index (Phi) is 3.63. The van der Waals surface area contributed by atoms with Crippen molar-refractivity contribution in [1.29, 1.82) is 0 Å². The van der Waals surface area contributed by atoms with Crippen LogP contribution in [0.5, 0.6) is 11.5 Å². The minimum Gasteiger partial charge on any atom is -0.493 e. The summed E-state index contributed by atoms with van der Waals surface area (Å²) in [5.41, 5.74) is 3.37. The number of nitrogens with zero attached hydrogens (tertiary/aromatic N) is 1. The van der Waals surface area contributed by atoms with E-state index in [1.165, 1.54) is 12.7 Å². The van der Waals surface area contributed by atoms with E-state index in [1.807, 2.05) is 24.2 Å². The van der Waals surface area contributed by atoms with E-state index < -0.39 is 11.5 Å². The minimum absolute atomic E-state index is 0.0348. The fraction of sp³-hybridized carbons (Fsp3) is 0.455. The number of ketones is 1. The fourth-order valence-corrected chi connectivity index (χ4v) is 5.54. The van der Waals surface area contributed by atoms with Crippen molar-refractivity contribution in [2.24, 2.45) is 5.92 Å². The monoisotopic (exact) mass is 381 g/mol. The van der Waals surface area contributed by atoms with Crippen LogP contribution in [0.1, 0.15) is 24.0 Å². The van der Waals surface area contributed by atoms with E-state index in [2.05, 4.69) is 12.1 Å². The number of Topliss-reactive ketones (excluding diaryl/α,β-unsaturated/α-hetero) is 1. The van der Waals surface area contributed by atoms with Crippen molar-refractivity contribution in [2.45, 2.75) is 30.8 Å². The van der Waals surface area contributed by atoms with Gasteiger partial charge in [-0.2, -0.15) is 0 Å². The number of hydrogen-bond acceptors (Lipinski definition) is 6. The average molecular weight is 381 g/mol. The summed E-state index contributed by atoms with van der Waals surface area (Å²) in [4.78, 5) is 27.9. The lowest BCUT2D eigenvalue weighted by Crippen LogP contribution is -2.55. The zero-order valence-electron chi connectivity index (χ0n) is 16.3. The van der Waals surface area contributed by atoms with Crippen LogP contribution in [0.3, 0.4) is 0 Å². The maximum absolute atomic E-state index is 13.3. The summed E-state index contributed by atoms with van der Waals surface area (Å²) in [5.74, 6) is 0.723. The normalized spacial score (nSPS) is 29.7. The summed E-state index contributed by atoms with van der Waals surface area (Å²) in [6, 6.07) is 3.98. The molecule has 0 amide bonds. The molecule has 28 heavy (non-hydrogen) atoms. The molecule has 3 unspecified atom stereocenters. The third-order valence-electron chi connectivity index (χ3n) is 6.70. The number of rotatable bonds is 2. The fourth-order valence-electron chi connectivity index (χ4n) is 5.54. The molecular weight excluding hydrogens is 358 g/mol. The molecule has 2 bridgehead atoms. The molecule has 5 rings (SSSR count). The maximum Gasteiger partial charge on any atom is 0.335 e. The van der Waals surface area contributed by atoms with E-state index in [0.717, 1.165) is 24.0 Å². The van der Waals surface area contributed by atoms with Gasteiger partial charge in [0.1, 0.15) is 0 Å². The molecular formula is C22H23NO5. The highest BCUT2D eigenvalue weighted by molar-refractivity contribution is 5.96. The molecule has 0 N–H and O–H groups in total. The van der Waals surface area contributed by atoms with Gasteiger partial charge in [0.25, 0.3) is 0 Å². The molecule has 6 heteroatoms. The second-order valence-electron chi connectivity index (χ2n) is 7.99. The number of allylic oxidation sites excluding steroid dienone is 1. The number of methoxy groups -OCH3 is 2. The van der Waals surface area contributed by atoms with Crippen molar-refractivity contribution in [3.05, 3.63) is 46.7 Å². The first kappa shape index (κ1) is 17.3. The molecule has 4 aliphatic rings. The standard InChI is InChI=1S/C22H23NO5/c1-23-9-8-22-15-6-4-12-5-7-17(26-2)19(18(12)22)28-20(22)16(24)10-13(15)14(11-23)21(25)27-3/h5-7,11,13,20H,4,8-10H2,1-3H3. The van der Waals surface area contributed by atoms with E-state index in [-0.39, 0.29) is 24.1 Å². The van der Waals surface area contributed by atoms with Gasteiger partial charge in [-0.25, -0.2) is 4.79 Å². The SMILES string of the molecule is COC(=O)C1=CN(C)CCC23C4=CCc5ccc(OC)c(c52)OC3C(=O)CC14. The van der Waals surface area contributed by atoms with Crippen LogP contribution in [0.4, 0.5) is 0 Å². The largest absolute Gasteiger partial charge is 0.493 e. The molecule has 1 spiro atoms. The van der Waals surface area contributed by atoms with E-state index in [0.29, 0.717) is 23.6 Å². The zero-order chi connectivity index (χ0) is 19.6. The molecule has 1 aromatic carbocycles. The molecule has 0 saturated heterocycles. The topological polar surface area (TPSA) is 65.1 Å². The molecule has 0 radical (unpaired) electrons. The lowest BCUT2D eigenvalue weighted by molar-refractivity contribution is -0.137. The average Bonchev–Trinajstić information content (AvgIpc) is 3.06. The lowest BCUT2D eigenvalue weighted by atomic mass is 9.55. The Morgan fingerprint density at radius 3 is 2.89 bits per heavy atom. The highest BCUT2D eigenvalue weighted by atomic mass is 16.5. The van der Waals surface area contributed by atoms with E-state index >= 15 is 0 Å². The van der Waals surface area contributed by atoms with E-state index in [9.17, 15) is 9.59 Å². The van der Waals surface area contributed by atoms with Gasteiger partial charge in [-0.1, -0.05) is 17.7 Å². The Labute approximate surface area is 163 Å². The minimum atomic E-state index is -0.564. The highest BCUT2D eigenvalue weighted by Gasteiger charge is 2.62. The summed E-state index contributed by atoms with van der Waals surface area (Å²) in [6.07, 6.45) is 5.24. The molecule has 1 aromatic rings. The quantitative estimate of drug-likeness (QED) is 0.578. The van der Waals surface area contributed by atoms with Crippen molar-refractivity contribution in [1.82, 2.24) is 4.90 Å². The molecule has 1 saturated carbocycles. The van der Waals surface area contributed by atoms with Crippen molar-refractivity contribution in [2.75, 3.05) is 27.8 Å². The number of carbonyl (C=O) groups is 2. The van der Waals surface area contributed by atoms with Crippen LogP contribution in [-0.4, -0.2) is 50.6 Å². The summed E-state index contributed by atoms with van der Waals surface area (Å²) < 4.78 is 16.9. The van der Waals surface area contributed by atoms with Gasteiger partial charge in [-0.3, -0.25) is 4.79 Å². The Morgan fingerprint density at radius 2 is 2.14 bits per heavy atom. The zero-order valence-corrected chi connectivity index (χ0v) is 16.3. The van der Waals surface area contributed by atoms with Crippen LogP contribution in [0.25, 0.3) is 0 Å². The number of benzene rings is 1. The van der Waals surface area contributed by atoms with Crippen LogP contribution >= 0.6 is 0 Å². The second kappa shape index (κ2) is 5.87. The summed E-state index contributed by atoms with van der Waals surface area (Å²) >= 11 is 0. The number of ether oxygens (including phenoxy) is 3. The van der Waals surface area contributed by atoms with Crippen molar-refractivity contribution in [3.8, 4) is 11.5 Å². The van der Waals surface area contributed by atoms with Gasteiger partial charge in [0.2, 0.25) is 0 Å².